The van der Waals surface area contributed by atoms with E-state index in [1.165, 1.54) is 0 Å². The van der Waals surface area contributed by atoms with Crippen LogP contribution in [0, 0.1) is 0 Å². The molecule has 1 aliphatic heterocycles. The fourth-order valence-electron chi connectivity index (χ4n) is 3.85. The van der Waals surface area contributed by atoms with Gasteiger partial charge in [-0.1, -0.05) is 42.5 Å². The third-order valence-electron chi connectivity index (χ3n) is 5.35. The lowest BCUT2D eigenvalue weighted by atomic mass is 10.1. The molecule has 0 saturated carbocycles. The van der Waals surface area contributed by atoms with E-state index in [1.54, 1.807) is 0 Å². The van der Waals surface area contributed by atoms with Crippen LogP contribution in [-0.2, 0) is 4.79 Å². The predicted octanol–water partition coefficient (Wildman–Crippen LogP) is 3.96. The zero-order valence-electron chi connectivity index (χ0n) is 16.7. The van der Waals surface area contributed by atoms with Crippen molar-refractivity contribution in [1.29, 1.82) is 0 Å². The minimum Gasteiger partial charge on any atom is -0.353 e. The molecular weight excluding hydrogens is 360 g/mol. The first kappa shape index (κ1) is 19.0. The molecule has 1 atom stereocenters. The lowest BCUT2D eigenvalue weighted by molar-refractivity contribution is -0.131. The van der Waals surface area contributed by atoms with Crippen molar-refractivity contribution in [3.05, 3.63) is 85.1 Å². The SMILES string of the molecule is CC1CN(c2ccccn2)CCN1C(=O)CN(c1ccccc1)c1ccccc1. The van der Waals surface area contributed by atoms with Gasteiger partial charge in [-0.2, -0.15) is 0 Å². The highest BCUT2D eigenvalue weighted by atomic mass is 16.2. The van der Waals surface area contributed by atoms with Gasteiger partial charge in [0.15, 0.2) is 0 Å². The number of nitrogens with zero attached hydrogens (tertiary/aromatic N) is 4. The highest BCUT2D eigenvalue weighted by molar-refractivity contribution is 5.85. The minimum atomic E-state index is 0.131. The number of hydrogen-bond acceptors (Lipinski definition) is 4. The van der Waals surface area contributed by atoms with Crippen molar-refractivity contribution in [2.75, 3.05) is 36.0 Å². The summed E-state index contributed by atoms with van der Waals surface area (Å²) in [4.78, 5) is 24.0. The van der Waals surface area contributed by atoms with Gasteiger partial charge in [0, 0.05) is 43.2 Å². The molecule has 1 aromatic heterocycles. The van der Waals surface area contributed by atoms with Crippen LogP contribution in [0.25, 0.3) is 0 Å². The molecule has 1 unspecified atom stereocenters. The molecule has 5 heteroatoms. The Labute approximate surface area is 172 Å². The van der Waals surface area contributed by atoms with Crippen LogP contribution >= 0.6 is 0 Å². The van der Waals surface area contributed by atoms with Crippen LogP contribution in [0.1, 0.15) is 6.92 Å². The van der Waals surface area contributed by atoms with Gasteiger partial charge in [0.25, 0.3) is 0 Å². The van der Waals surface area contributed by atoms with Crippen molar-refractivity contribution in [1.82, 2.24) is 9.88 Å². The van der Waals surface area contributed by atoms with Gasteiger partial charge in [-0.15, -0.1) is 0 Å². The van der Waals surface area contributed by atoms with Crippen molar-refractivity contribution in [3.63, 3.8) is 0 Å². The lowest BCUT2D eigenvalue weighted by Gasteiger charge is -2.41. The summed E-state index contributed by atoms with van der Waals surface area (Å²) in [5.74, 6) is 1.12. The molecule has 2 heterocycles. The number of piperazine rings is 1. The van der Waals surface area contributed by atoms with Crippen LogP contribution in [0.15, 0.2) is 85.1 Å². The van der Waals surface area contributed by atoms with Gasteiger partial charge in [0.2, 0.25) is 5.91 Å². The van der Waals surface area contributed by atoms with E-state index >= 15 is 0 Å². The standard InChI is InChI=1S/C24H26N4O/c1-20-18-26(23-14-8-9-15-25-23)16-17-27(20)24(29)19-28(21-10-4-2-5-11-21)22-12-6-3-7-13-22/h2-15,20H,16-19H2,1H3. The molecule has 1 fully saturated rings. The zero-order chi connectivity index (χ0) is 20.1. The van der Waals surface area contributed by atoms with E-state index < -0.39 is 0 Å². The molecule has 5 nitrogen and oxygen atoms in total. The second-order valence-electron chi connectivity index (χ2n) is 7.33. The molecule has 148 valence electrons. The van der Waals surface area contributed by atoms with Gasteiger partial charge in [-0.3, -0.25) is 4.79 Å². The molecule has 1 aliphatic rings. The molecule has 1 saturated heterocycles. The van der Waals surface area contributed by atoms with Gasteiger partial charge in [0.05, 0.1) is 0 Å². The van der Waals surface area contributed by atoms with E-state index in [0.717, 1.165) is 30.3 Å². The smallest absolute Gasteiger partial charge is 0.242 e. The van der Waals surface area contributed by atoms with Crippen LogP contribution < -0.4 is 9.80 Å². The molecule has 4 rings (SSSR count). The number of carbonyl (C=O) groups excluding carboxylic acids is 1. The summed E-state index contributed by atoms with van der Waals surface area (Å²) in [5, 5.41) is 0. The molecule has 3 aromatic rings. The average molecular weight is 386 g/mol. The Morgan fingerprint density at radius 2 is 1.55 bits per heavy atom. The zero-order valence-corrected chi connectivity index (χ0v) is 16.7. The van der Waals surface area contributed by atoms with E-state index in [9.17, 15) is 4.79 Å². The Morgan fingerprint density at radius 1 is 0.931 bits per heavy atom. The molecule has 0 spiro atoms. The summed E-state index contributed by atoms with van der Waals surface area (Å²) in [7, 11) is 0. The van der Waals surface area contributed by atoms with Crippen LogP contribution in [0.2, 0.25) is 0 Å². The monoisotopic (exact) mass is 386 g/mol. The molecule has 0 bridgehead atoms. The van der Waals surface area contributed by atoms with Gasteiger partial charge in [0.1, 0.15) is 12.4 Å². The highest BCUT2D eigenvalue weighted by Gasteiger charge is 2.29. The Balaban J connectivity index is 1.48. The number of anilines is 3. The van der Waals surface area contributed by atoms with Gasteiger partial charge < -0.3 is 14.7 Å². The molecule has 29 heavy (non-hydrogen) atoms. The maximum absolute atomic E-state index is 13.3. The normalized spacial score (nSPS) is 16.5. The summed E-state index contributed by atoms with van der Waals surface area (Å²) in [6.45, 7) is 4.72. The van der Waals surface area contributed by atoms with Crippen molar-refractivity contribution in [2.45, 2.75) is 13.0 Å². The van der Waals surface area contributed by atoms with E-state index in [-0.39, 0.29) is 11.9 Å². The molecule has 0 N–H and O–H groups in total. The Bertz CT molecular complexity index is 878. The lowest BCUT2D eigenvalue weighted by Crippen LogP contribution is -2.56. The van der Waals surface area contributed by atoms with Crippen LogP contribution in [0.3, 0.4) is 0 Å². The Morgan fingerprint density at radius 3 is 2.10 bits per heavy atom. The minimum absolute atomic E-state index is 0.131. The van der Waals surface area contributed by atoms with E-state index in [0.29, 0.717) is 13.1 Å². The number of aromatic nitrogens is 1. The first-order valence-electron chi connectivity index (χ1n) is 10.1. The number of para-hydroxylation sites is 2. The first-order valence-corrected chi connectivity index (χ1v) is 10.1. The molecule has 1 amide bonds. The fourth-order valence-corrected chi connectivity index (χ4v) is 3.85. The first-order chi connectivity index (χ1) is 14.2. The van der Waals surface area contributed by atoms with Crippen molar-refractivity contribution in [2.24, 2.45) is 0 Å². The predicted molar refractivity (Wildman–Crippen MR) is 118 cm³/mol. The van der Waals surface area contributed by atoms with Crippen molar-refractivity contribution >= 4 is 23.1 Å². The van der Waals surface area contributed by atoms with E-state index in [1.807, 2.05) is 90.0 Å². The maximum Gasteiger partial charge on any atom is 0.242 e. The molecular formula is C24H26N4O. The Kier molecular flexibility index (Phi) is 5.75. The maximum atomic E-state index is 13.3. The second-order valence-corrected chi connectivity index (χ2v) is 7.33. The number of pyridine rings is 1. The largest absolute Gasteiger partial charge is 0.353 e. The summed E-state index contributed by atoms with van der Waals surface area (Å²) in [6, 6.07) is 26.3. The molecule has 0 radical (unpaired) electrons. The van der Waals surface area contributed by atoms with Crippen LogP contribution in [0.5, 0.6) is 0 Å². The number of carbonyl (C=O) groups is 1. The van der Waals surface area contributed by atoms with Gasteiger partial charge >= 0.3 is 0 Å². The summed E-state index contributed by atoms with van der Waals surface area (Å²) >= 11 is 0. The van der Waals surface area contributed by atoms with E-state index in [2.05, 4.69) is 21.7 Å². The number of benzene rings is 2. The quantitative estimate of drug-likeness (QED) is 0.666. The summed E-state index contributed by atoms with van der Waals surface area (Å²) < 4.78 is 0. The molecule has 2 aromatic carbocycles. The topological polar surface area (TPSA) is 39.7 Å². The number of rotatable bonds is 5. The van der Waals surface area contributed by atoms with E-state index in [4.69, 9.17) is 0 Å². The summed E-state index contributed by atoms with van der Waals surface area (Å²) in [6.07, 6.45) is 1.81. The average Bonchev–Trinajstić information content (AvgIpc) is 2.79. The highest BCUT2D eigenvalue weighted by Crippen LogP contribution is 2.25. The molecule has 0 aliphatic carbocycles. The van der Waals surface area contributed by atoms with Gasteiger partial charge in [-0.25, -0.2) is 4.98 Å². The van der Waals surface area contributed by atoms with Crippen LogP contribution in [-0.4, -0.2) is 48.0 Å². The van der Waals surface area contributed by atoms with Gasteiger partial charge in [-0.05, 0) is 43.3 Å². The summed E-state index contributed by atoms with van der Waals surface area (Å²) in [5.41, 5.74) is 2.04. The third kappa shape index (κ3) is 4.40. The van der Waals surface area contributed by atoms with Crippen LogP contribution in [0.4, 0.5) is 17.2 Å². The number of amides is 1. The number of hydrogen-bond donors (Lipinski definition) is 0. The van der Waals surface area contributed by atoms with Crippen molar-refractivity contribution in [3.8, 4) is 0 Å². The Hall–Kier alpha value is -3.34. The fraction of sp³-hybridized carbons (Fsp3) is 0.250. The third-order valence-corrected chi connectivity index (χ3v) is 5.35. The van der Waals surface area contributed by atoms with Crippen molar-refractivity contribution < 1.29 is 4.79 Å². The second kappa shape index (κ2) is 8.78.